The van der Waals surface area contributed by atoms with Crippen molar-refractivity contribution >= 4 is 11.2 Å². The van der Waals surface area contributed by atoms with Gasteiger partial charge in [0.05, 0.1) is 31.4 Å². The zero-order valence-corrected chi connectivity index (χ0v) is 9.71. The van der Waals surface area contributed by atoms with Crippen molar-refractivity contribution in [2.75, 3.05) is 6.61 Å². The Morgan fingerprint density at radius 3 is 3.05 bits per heavy atom. The number of aliphatic hydroxyl groups excluding tert-OH is 2. The van der Waals surface area contributed by atoms with Gasteiger partial charge in [-0.3, -0.25) is 4.79 Å². The van der Waals surface area contributed by atoms with Crippen LogP contribution in [0.15, 0.2) is 22.6 Å². The van der Waals surface area contributed by atoms with Crippen LogP contribution in [0, 0.1) is 0 Å². The summed E-state index contributed by atoms with van der Waals surface area (Å²) < 4.78 is 1.48. The van der Waals surface area contributed by atoms with E-state index in [-0.39, 0.29) is 17.6 Å². The molecule has 10 heteroatoms. The second kappa shape index (κ2) is 5.48. The van der Waals surface area contributed by atoms with Crippen LogP contribution in [0.1, 0.15) is 0 Å². The van der Waals surface area contributed by atoms with Crippen LogP contribution in [-0.2, 0) is 6.54 Å². The minimum Gasteiger partial charge on any atom is -0.394 e. The molecule has 0 aliphatic carbocycles. The van der Waals surface area contributed by atoms with Crippen LogP contribution in [0.4, 0.5) is 0 Å². The maximum Gasteiger partial charge on any atom is 0.278 e. The summed E-state index contributed by atoms with van der Waals surface area (Å²) in [7, 11) is 0. The molecule has 0 fully saturated rings. The molecule has 0 aromatic carbocycles. The third-order valence-electron chi connectivity index (χ3n) is 2.62. The number of fused-ring (bicyclic) bond motifs is 1. The average molecular weight is 265 g/mol. The monoisotopic (exact) mass is 265 g/mol. The second-order valence-electron chi connectivity index (χ2n) is 3.82. The maximum absolute atomic E-state index is 11.5. The summed E-state index contributed by atoms with van der Waals surface area (Å²) >= 11 is 0. The van der Waals surface area contributed by atoms with E-state index < -0.39 is 18.8 Å². The first-order valence-corrected chi connectivity index (χ1v) is 5.39. The van der Waals surface area contributed by atoms with Gasteiger partial charge in [0, 0.05) is 11.5 Å². The number of aromatic amines is 1. The van der Waals surface area contributed by atoms with Crippen molar-refractivity contribution in [2.45, 2.75) is 18.7 Å². The lowest BCUT2D eigenvalue weighted by molar-refractivity contribution is 0.0698. The molecule has 2 atom stereocenters. The predicted molar refractivity (Wildman–Crippen MR) is 64.2 cm³/mol. The van der Waals surface area contributed by atoms with Crippen LogP contribution in [0.25, 0.3) is 21.6 Å². The molecule has 2 heterocycles. The van der Waals surface area contributed by atoms with Crippen molar-refractivity contribution in [3.8, 4) is 0 Å². The van der Waals surface area contributed by atoms with Crippen LogP contribution in [-0.4, -0.2) is 48.5 Å². The number of hydrogen-bond acceptors (Lipinski definition) is 6. The minimum absolute atomic E-state index is 0.0543. The Morgan fingerprint density at radius 1 is 1.58 bits per heavy atom. The SMILES string of the molecule is [N-]=[N+]=NC(Cn1cnc2c(=O)[nH]cnc21)C(O)CO. The van der Waals surface area contributed by atoms with Gasteiger partial charge >= 0.3 is 0 Å². The molecule has 0 radical (unpaired) electrons. The number of azide groups is 1. The smallest absolute Gasteiger partial charge is 0.278 e. The fraction of sp³-hybridized carbons (Fsp3) is 0.444. The molecule has 0 aliphatic rings. The Morgan fingerprint density at radius 2 is 2.37 bits per heavy atom. The number of nitrogens with zero attached hydrogens (tertiary/aromatic N) is 6. The largest absolute Gasteiger partial charge is 0.394 e. The molecule has 2 unspecified atom stereocenters. The van der Waals surface area contributed by atoms with Crippen molar-refractivity contribution in [3.05, 3.63) is 33.5 Å². The van der Waals surface area contributed by atoms with Crippen molar-refractivity contribution in [1.29, 1.82) is 0 Å². The van der Waals surface area contributed by atoms with E-state index >= 15 is 0 Å². The van der Waals surface area contributed by atoms with Crippen LogP contribution in [0.3, 0.4) is 0 Å². The minimum atomic E-state index is -1.20. The Labute approximate surface area is 106 Å². The Kier molecular flexibility index (Phi) is 3.76. The maximum atomic E-state index is 11.5. The van der Waals surface area contributed by atoms with E-state index in [9.17, 15) is 9.90 Å². The standard InChI is InChI=1S/C9H11N7O3/c10-15-14-5(6(18)2-17)1-16-4-13-7-8(16)11-3-12-9(7)19/h3-6,17-18H,1-2H2,(H,11,12,19). The molecule has 0 bridgehead atoms. The Hall–Kier alpha value is -2.42. The van der Waals surface area contributed by atoms with Gasteiger partial charge in [-0.05, 0) is 5.53 Å². The summed E-state index contributed by atoms with van der Waals surface area (Å²) in [4.78, 5) is 24.3. The van der Waals surface area contributed by atoms with E-state index in [2.05, 4.69) is 25.0 Å². The zero-order chi connectivity index (χ0) is 13.8. The molecule has 0 saturated heterocycles. The number of hydrogen-bond donors (Lipinski definition) is 3. The number of H-pyrrole nitrogens is 1. The van der Waals surface area contributed by atoms with Gasteiger partial charge in [-0.2, -0.15) is 0 Å². The molecule has 0 amide bonds. The molecule has 10 nitrogen and oxygen atoms in total. The van der Waals surface area contributed by atoms with E-state index in [1.807, 2.05) is 0 Å². The van der Waals surface area contributed by atoms with Crippen molar-refractivity contribution < 1.29 is 10.2 Å². The van der Waals surface area contributed by atoms with Gasteiger partial charge in [0.1, 0.15) is 0 Å². The second-order valence-corrected chi connectivity index (χ2v) is 3.82. The van der Waals surface area contributed by atoms with Crippen LogP contribution in [0.2, 0.25) is 0 Å². The Bertz CT molecular complexity index is 672. The molecular weight excluding hydrogens is 254 g/mol. The van der Waals surface area contributed by atoms with Gasteiger partial charge < -0.3 is 19.8 Å². The highest BCUT2D eigenvalue weighted by Gasteiger charge is 2.19. The first-order chi connectivity index (χ1) is 9.17. The third-order valence-corrected chi connectivity index (χ3v) is 2.62. The normalized spacial score (nSPS) is 14.0. The van der Waals surface area contributed by atoms with Crippen LogP contribution < -0.4 is 5.56 Å². The van der Waals surface area contributed by atoms with Gasteiger partial charge in [-0.15, -0.1) is 0 Å². The molecule has 3 N–H and O–H groups in total. The highest BCUT2D eigenvalue weighted by molar-refractivity contribution is 5.68. The number of imidazole rings is 1. The molecule has 2 aromatic heterocycles. The first-order valence-electron chi connectivity index (χ1n) is 5.39. The molecule has 100 valence electrons. The first kappa shape index (κ1) is 13.0. The molecule has 19 heavy (non-hydrogen) atoms. The lowest BCUT2D eigenvalue weighted by Gasteiger charge is -2.16. The zero-order valence-electron chi connectivity index (χ0n) is 9.71. The fourth-order valence-electron chi connectivity index (χ4n) is 1.65. The predicted octanol–water partition coefficient (Wildman–Crippen LogP) is -0.848. The highest BCUT2D eigenvalue weighted by atomic mass is 16.3. The van der Waals surface area contributed by atoms with Crippen LogP contribution >= 0.6 is 0 Å². The number of nitrogens with one attached hydrogen (secondary N) is 1. The van der Waals surface area contributed by atoms with E-state index in [0.717, 1.165) is 0 Å². The van der Waals surface area contributed by atoms with Crippen molar-refractivity contribution in [3.63, 3.8) is 0 Å². The summed E-state index contributed by atoms with van der Waals surface area (Å²) in [5.74, 6) is 0. The van der Waals surface area contributed by atoms with Gasteiger partial charge in [-0.25, -0.2) is 9.97 Å². The highest BCUT2D eigenvalue weighted by Crippen LogP contribution is 2.09. The summed E-state index contributed by atoms with van der Waals surface area (Å²) in [6.45, 7) is -0.483. The molecule has 2 aromatic rings. The third kappa shape index (κ3) is 2.55. The number of rotatable bonds is 5. The van der Waals surface area contributed by atoms with E-state index in [1.54, 1.807) is 0 Å². The quantitative estimate of drug-likeness (QED) is 0.365. The van der Waals surface area contributed by atoms with Crippen molar-refractivity contribution in [2.24, 2.45) is 5.11 Å². The van der Waals surface area contributed by atoms with E-state index in [4.69, 9.17) is 10.6 Å². The van der Waals surface area contributed by atoms with Gasteiger partial charge in [0.15, 0.2) is 11.2 Å². The van der Waals surface area contributed by atoms with Gasteiger partial charge in [0.2, 0.25) is 0 Å². The van der Waals surface area contributed by atoms with Crippen molar-refractivity contribution in [1.82, 2.24) is 19.5 Å². The topological polar surface area (TPSA) is 153 Å². The lowest BCUT2D eigenvalue weighted by atomic mass is 10.2. The molecule has 0 saturated carbocycles. The number of aromatic nitrogens is 4. The Balaban J connectivity index is 2.37. The van der Waals surface area contributed by atoms with Gasteiger partial charge in [-0.1, -0.05) is 5.11 Å². The molecule has 2 rings (SSSR count). The number of aliphatic hydroxyl groups is 2. The summed E-state index contributed by atoms with van der Waals surface area (Å²) in [5, 5.41) is 21.8. The molecule has 0 spiro atoms. The molecule has 0 aliphatic heterocycles. The average Bonchev–Trinajstić information content (AvgIpc) is 2.82. The summed E-state index contributed by atoms with van der Waals surface area (Å²) in [5.41, 5.74) is 8.52. The summed E-state index contributed by atoms with van der Waals surface area (Å²) in [6, 6.07) is -0.881. The van der Waals surface area contributed by atoms with Crippen LogP contribution in [0.5, 0.6) is 0 Å². The van der Waals surface area contributed by atoms with E-state index in [0.29, 0.717) is 5.65 Å². The van der Waals surface area contributed by atoms with Gasteiger partial charge in [0.25, 0.3) is 5.56 Å². The molecular formula is C9H11N7O3. The lowest BCUT2D eigenvalue weighted by Crippen LogP contribution is -2.31. The fourth-order valence-corrected chi connectivity index (χ4v) is 1.65. The van der Waals surface area contributed by atoms with E-state index in [1.165, 1.54) is 17.2 Å². The summed E-state index contributed by atoms with van der Waals surface area (Å²) in [6.07, 6.45) is 1.39.